The maximum absolute atomic E-state index is 5.95. The van der Waals surface area contributed by atoms with Crippen LogP contribution >= 0.6 is 0 Å². The molecule has 84 valence electrons. The van der Waals surface area contributed by atoms with E-state index in [1.165, 1.54) is 0 Å². The van der Waals surface area contributed by atoms with Crippen LogP contribution in [-0.4, -0.2) is 9.97 Å². The number of aromatic nitrogens is 2. The number of oxazole rings is 1. The summed E-state index contributed by atoms with van der Waals surface area (Å²) in [5.41, 5.74) is 9.77. The molecular weight excluding hydrogens is 214 g/mol. The van der Waals surface area contributed by atoms with Gasteiger partial charge >= 0.3 is 0 Å². The van der Waals surface area contributed by atoms with Crippen molar-refractivity contribution < 1.29 is 4.42 Å². The molecular formula is C13H11N3O. The van der Waals surface area contributed by atoms with Crippen molar-refractivity contribution in [3.63, 3.8) is 0 Å². The molecule has 0 atom stereocenters. The fourth-order valence-corrected chi connectivity index (χ4v) is 1.86. The number of nitrogen functional groups attached to an aromatic ring is 1. The van der Waals surface area contributed by atoms with Crippen molar-refractivity contribution in [2.45, 2.75) is 6.92 Å². The van der Waals surface area contributed by atoms with Crippen molar-refractivity contribution in [3.8, 4) is 11.5 Å². The molecule has 17 heavy (non-hydrogen) atoms. The lowest BCUT2D eigenvalue weighted by molar-refractivity contribution is 0.619. The van der Waals surface area contributed by atoms with Crippen LogP contribution in [0.2, 0.25) is 0 Å². The van der Waals surface area contributed by atoms with Gasteiger partial charge in [0.1, 0.15) is 0 Å². The molecule has 4 heteroatoms. The van der Waals surface area contributed by atoms with E-state index in [1.54, 1.807) is 6.20 Å². The molecule has 1 aromatic carbocycles. The Bertz CT molecular complexity index is 635. The first-order chi connectivity index (χ1) is 8.25. The molecule has 0 saturated heterocycles. The third-order valence-electron chi connectivity index (χ3n) is 2.68. The largest absolute Gasteiger partial charge is 0.434 e. The summed E-state index contributed by atoms with van der Waals surface area (Å²) in [4.78, 5) is 8.49. The molecule has 0 bridgehead atoms. The van der Waals surface area contributed by atoms with Gasteiger partial charge in [-0.3, -0.25) is 0 Å². The van der Waals surface area contributed by atoms with Gasteiger partial charge in [0, 0.05) is 11.9 Å². The van der Waals surface area contributed by atoms with E-state index in [0.717, 1.165) is 11.1 Å². The summed E-state index contributed by atoms with van der Waals surface area (Å²) in [5.74, 6) is 0.523. The fraction of sp³-hybridized carbons (Fsp3) is 0.0769. The topological polar surface area (TPSA) is 64.9 Å². The number of fused-ring (bicyclic) bond motifs is 1. The van der Waals surface area contributed by atoms with Gasteiger partial charge in [0.15, 0.2) is 11.2 Å². The van der Waals surface area contributed by atoms with E-state index >= 15 is 0 Å². The van der Waals surface area contributed by atoms with Gasteiger partial charge in [-0.15, -0.1) is 0 Å². The van der Waals surface area contributed by atoms with E-state index in [1.807, 2.05) is 37.3 Å². The zero-order chi connectivity index (χ0) is 11.8. The van der Waals surface area contributed by atoms with Crippen LogP contribution in [0.4, 0.5) is 5.69 Å². The molecule has 3 rings (SSSR count). The van der Waals surface area contributed by atoms with Crippen LogP contribution in [0, 0.1) is 6.92 Å². The minimum absolute atomic E-state index is 0.523. The number of hydrogen-bond donors (Lipinski definition) is 1. The minimum atomic E-state index is 0.523. The number of hydrogen-bond acceptors (Lipinski definition) is 4. The molecule has 0 radical (unpaired) electrons. The van der Waals surface area contributed by atoms with Crippen molar-refractivity contribution in [1.29, 1.82) is 0 Å². The second-order valence-electron chi connectivity index (χ2n) is 3.88. The predicted molar refractivity (Wildman–Crippen MR) is 66.4 cm³/mol. The Morgan fingerprint density at radius 1 is 1.18 bits per heavy atom. The number of anilines is 1. The van der Waals surface area contributed by atoms with Gasteiger partial charge in [0.2, 0.25) is 5.89 Å². The smallest absolute Gasteiger partial charge is 0.231 e. The predicted octanol–water partition coefficient (Wildman–Crippen LogP) is 2.78. The number of aryl methyl sites for hydroxylation is 1. The lowest BCUT2D eigenvalue weighted by Gasteiger charge is -2.04. The summed E-state index contributed by atoms with van der Waals surface area (Å²) < 4.78 is 5.66. The Kier molecular flexibility index (Phi) is 2.08. The second kappa shape index (κ2) is 3.59. The first kappa shape index (κ1) is 9.84. The molecule has 0 fully saturated rings. The number of nitrogens with zero attached hydrogens (tertiary/aromatic N) is 2. The van der Waals surface area contributed by atoms with Crippen LogP contribution in [0.25, 0.3) is 22.7 Å². The lowest BCUT2D eigenvalue weighted by Crippen LogP contribution is -1.92. The Hall–Kier alpha value is -2.36. The Morgan fingerprint density at radius 3 is 2.82 bits per heavy atom. The average Bonchev–Trinajstić information content (AvgIpc) is 2.71. The van der Waals surface area contributed by atoms with Crippen molar-refractivity contribution in [3.05, 3.63) is 42.1 Å². The van der Waals surface area contributed by atoms with Crippen LogP contribution < -0.4 is 5.73 Å². The van der Waals surface area contributed by atoms with E-state index < -0.39 is 0 Å². The minimum Gasteiger partial charge on any atom is -0.434 e. The summed E-state index contributed by atoms with van der Waals surface area (Å²) in [5, 5.41) is 0. The molecule has 4 nitrogen and oxygen atoms in total. The van der Waals surface area contributed by atoms with E-state index in [2.05, 4.69) is 9.97 Å². The monoisotopic (exact) mass is 225 g/mol. The van der Waals surface area contributed by atoms with Gasteiger partial charge in [-0.25, -0.2) is 4.98 Å². The van der Waals surface area contributed by atoms with Crippen LogP contribution in [0.5, 0.6) is 0 Å². The molecule has 0 aliphatic heterocycles. The molecule has 2 heterocycles. The summed E-state index contributed by atoms with van der Waals surface area (Å²) in [6, 6.07) is 9.39. The normalized spacial score (nSPS) is 10.9. The Morgan fingerprint density at radius 2 is 2.06 bits per heavy atom. The summed E-state index contributed by atoms with van der Waals surface area (Å²) in [6.45, 7) is 1.98. The maximum Gasteiger partial charge on any atom is 0.231 e. The molecule has 3 aromatic rings. The lowest BCUT2D eigenvalue weighted by atomic mass is 10.1. The first-order valence-corrected chi connectivity index (χ1v) is 5.33. The molecule has 0 saturated carbocycles. The van der Waals surface area contributed by atoms with E-state index in [-0.39, 0.29) is 0 Å². The summed E-state index contributed by atoms with van der Waals surface area (Å²) in [7, 11) is 0. The van der Waals surface area contributed by atoms with E-state index in [9.17, 15) is 0 Å². The zero-order valence-corrected chi connectivity index (χ0v) is 9.34. The third kappa shape index (κ3) is 1.54. The van der Waals surface area contributed by atoms with Crippen molar-refractivity contribution in [2.75, 3.05) is 5.73 Å². The Labute approximate surface area is 98.1 Å². The van der Waals surface area contributed by atoms with Gasteiger partial charge in [0.25, 0.3) is 0 Å². The number of rotatable bonds is 1. The third-order valence-corrected chi connectivity index (χ3v) is 2.68. The highest BCUT2D eigenvalue weighted by Gasteiger charge is 2.13. The molecule has 0 amide bonds. The van der Waals surface area contributed by atoms with Crippen molar-refractivity contribution >= 4 is 16.9 Å². The number of nitrogens with two attached hydrogens (primary N) is 1. The molecule has 0 aliphatic rings. The van der Waals surface area contributed by atoms with Gasteiger partial charge in [-0.1, -0.05) is 12.1 Å². The Balaban J connectivity index is 2.27. The number of benzene rings is 1. The highest BCUT2D eigenvalue weighted by molar-refractivity contribution is 5.78. The number of pyridine rings is 1. The standard InChI is InChI=1S/C13H11N3O/c1-8-4-2-5-9(14)11(8)13-16-12-10(17-13)6-3-7-15-12/h2-7H,14H2,1H3. The van der Waals surface area contributed by atoms with Crippen LogP contribution in [0.1, 0.15) is 5.56 Å². The quantitative estimate of drug-likeness (QED) is 0.647. The van der Waals surface area contributed by atoms with E-state index in [4.69, 9.17) is 10.2 Å². The SMILES string of the molecule is Cc1cccc(N)c1-c1nc2ncccc2o1. The van der Waals surface area contributed by atoms with Gasteiger partial charge in [-0.2, -0.15) is 4.98 Å². The fourth-order valence-electron chi connectivity index (χ4n) is 1.86. The zero-order valence-electron chi connectivity index (χ0n) is 9.34. The van der Waals surface area contributed by atoms with Crippen LogP contribution in [0.15, 0.2) is 40.9 Å². The average molecular weight is 225 g/mol. The van der Waals surface area contributed by atoms with Gasteiger partial charge in [-0.05, 0) is 30.7 Å². The highest BCUT2D eigenvalue weighted by Crippen LogP contribution is 2.30. The second-order valence-corrected chi connectivity index (χ2v) is 3.88. The highest BCUT2D eigenvalue weighted by atomic mass is 16.3. The van der Waals surface area contributed by atoms with E-state index in [0.29, 0.717) is 22.8 Å². The summed E-state index contributed by atoms with van der Waals surface area (Å²) >= 11 is 0. The van der Waals surface area contributed by atoms with Gasteiger partial charge < -0.3 is 10.2 Å². The van der Waals surface area contributed by atoms with Crippen LogP contribution in [0.3, 0.4) is 0 Å². The summed E-state index contributed by atoms with van der Waals surface area (Å²) in [6.07, 6.45) is 1.69. The maximum atomic E-state index is 5.95. The van der Waals surface area contributed by atoms with Crippen LogP contribution in [-0.2, 0) is 0 Å². The molecule has 0 spiro atoms. The van der Waals surface area contributed by atoms with Crippen molar-refractivity contribution in [2.24, 2.45) is 0 Å². The van der Waals surface area contributed by atoms with Crippen molar-refractivity contribution in [1.82, 2.24) is 9.97 Å². The molecule has 0 aliphatic carbocycles. The molecule has 0 unspecified atom stereocenters. The molecule has 2 aromatic heterocycles. The molecule has 2 N–H and O–H groups in total. The van der Waals surface area contributed by atoms with Gasteiger partial charge in [0.05, 0.1) is 5.56 Å². The first-order valence-electron chi connectivity index (χ1n) is 5.33.